The van der Waals surface area contributed by atoms with E-state index in [0.29, 0.717) is 0 Å². The van der Waals surface area contributed by atoms with Gasteiger partial charge < -0.3 is 14.6 Å². The fraction of sp³-hybridized carbons (Fsp3) is 0.786. The number of hydrogen-bond donors (Lipinski definition) is 1. The maximum Gasteiger partial charge on any atom is 0.316 e. The third-order valence-electron chi connectivity index (χ3n) is 2.58. The second-order valence-electron chi connectivity index (χ2n) is 6.28. The molecular weight excluding hydrogens is 264 g/mol. The molecule has 116 valence electrons. The largest absolute Gasteiger partial charge is 0.481 e. The zero-order chi connectivity index (χ0) is 16.0. The summed E-state index contributed by atoms with van der Waals surface area (Å²) < 4.78 is 9.84. The highest BCUT2D eigenvalue weighted by Crippen LogP contribution is 2.22. The van der Waals surface area contributed by atoms with Crippen molar-refractivity contribution >= 4 is 17.9 Å². The summed E-state index contributed by atoms with van der Waals surface area (Å²) in [6.45, 7) is 7.99. The van der Waals surface area contributed by atoms with Crippen molar-refractivity contribution in [2.75, 3.05) is 13.2 Å². The normalized spacial score (nSPS) is 14.2. The van der Waals surface area contributed by atoms with Gasteiger partial charge in [-0.2, -0.15) is 0 Å². The van der Waals surface area contributed by atoms with Crippen LogP contribution in [0.1, 0.15) is 47.5 Å². The number of carboxylic acids is 1. The maximum atomic E-state index is 11.6. The van der Waals surface area contributed by atoms with Crippen LogP contribution in [-0.4, -0.2) is 36.2 Å². The smallest absolute Gasteiger partial charge is 0.316 e. The van der Waals surface area contributed by atoms with Crippen LogP contribution in [0.15, 0.2) is 0 Å². The van der Waals surface area contributed by atoms with E-state index in [4.69, 9.17) is 9.47 Å². The van der Waals surface area contributed by atoms with Crippen LogP contribution in [0.4, 0.5) is 0 Å². The lowest BCUT2D eigenvalue weighted by Crippen LogP contribution is -2.39. The standard InChI is InChI=1S/C14H24O6/c1-6-10(15)19-8-14(5,12(17)18)9-20-11(16)7-13(2,3)4/h6-9H2,1-5H3,(H,17,18). The number of aliphatic carboxylic acids is 1. The van der Waals surface area contributed by atoms with Gasteiger partial charge in [-0.3, -0.25) is 14.4 Å². The summed E-state index contributed by atoms with van der Waals surface area (Å²) in [6, 6.07) is 0. The predicted octanol–water partition coefficient (Wildman–Crippen LogP) is 2.01. The summed E-state index contributed by atoms with van der Waals surface area (Å²) in [5.74, 6) is -2.13. The topological polar surface area (TPSA) is 89.9 Å². The van der Waals surface area contributed by atoms with Crippen LogP contribution in [0, 0.1) is 10.8 Å². The maximum absolute atomic E-state index is 11.6. The van der Waals surface area contributed by atoms with Crippen LogP contribution < -0.4 is 0 Å². The Morgan fingerprint density at radius 2 is 1.40 bits per heavy atom. The molecule has 1 unspecified atom stereocenters. The second kappa shape index (κ2) is 7.26. The monoisotopic (exact) mass is 288 g/mol. The number of carbonyl (C=O) groups excluding carboxylic acids is 2. The van der Waals surface area contributed by atoms with Crippen molar-refractivity contribution in [2.24, 2.45) is 10.8 Å². The molecule has 6 heteroatoms. The predicted molar refractivity (Wildman–Crippen MR) is 72.0 cm³/mol. The molecule has 1 N–H and O–H groups in total. The van der Waals surface area contributed by atoms with Gasteiger partial charge in [-0.05, 0) is 12.3 Å². The molecule has 0 aromatic heterocycles. The number of esters is 2. The highest BCUT2D eigenvalue weighted by Gasteiger charge is 2.37. The number of carboxylic acid groups (broad SMARTS) is 1. The first-order valence-corrected chi connectivity index (χ1v) is 6.55. The van der Waals surface area contributed by atoms with E-state index in [2.05, 4.69) is 0 Å². The van der Waals surface area contributed by atoms with Gasteiger partial charge in [0.05, 0.1) is 6.42 Å². The Morgan fingerprint density at radius 1 is 0.950 bits per heavy atom. The van der Waals surface area contributed by atoms with Crippen molar-refractivity contribution in [3.8, 4) is 0 Å². The number of ether oxygens (including phenoxy) is 2. The summed E-state index contributed by atoms with van der Waals surface area (Å²) in [6.07, 6.45) is 0.358. The lowest BCUT2D eigenvalue weighted by Gasteiger charge is -2.25. The average Bonchev–Trinajstić information content (AvgIpc) is 2.31. The first-order chi connectivity index (χ1) is 9.00. The molecule has 0 radical (unpaired) electrons. The second-order valence-corrected chi connectivity index (χ2v) is 6.28. The van der Waals surface area contributed by atoms with E-state index < -0.39 is 23.3 Å². The summed E-state index contributed by atoms with van der Waals surface area (Å²) in [4.78, 5) is 33.9. The SMILES string of the molecule is CCC(=O)OCC(C)(COC(=O)CC(C)(C)C)C(=O)O. The molecule has 6 nitrogen and oxygen atoms in total. The minimum Gasteiger partial charge on any atom is -0.481 e. The Balaban J connectivity index is 4.51. The molecule has 0 aliphatic carbocycles. The number of hydrogen-bond acceptors (Lipinski definition) is 5. The van der Waals surface area contributed by atoms with Gasteiger partial charge >= 0.3 is 17.9 Å². The van der Waals surface area contributed by atoms with Crippen molar-refractivity contribution in [1.82, 2.24) is 0 Å². The van der Waals surface area contributed by atoms with Crippen molar-refractivity contribution in [1.29, 1.82) is 0 Å². The average molecular weight is 288 g/mol. The van der Waals surface area contributed by atoms with E-state index >= 15 is 0 Å². The van der Waals surface area contributed by atoms with Crippen LogP contribution in [-0.2, 0) is 23.9 Å². The molecule has 0 aliphatic rings. The molecule has 0 saturated heterocycles. The fourth-order valence-corrected chi connectivity index (χ4v) is 1.23. The molecular formula is C14H24O6. The van der Waals surface area contributed by atoms with Gasteiger partial charge in [-0.1, -0.05) is 27.7 Å². The Morgan fingerprint density at radius 3 is 1.75 bits per heavy atom. The van der Waals surface area contributed by atoms with E-state index in [9.17, 15) is 19.5 Å². The van der Waals surface area contributed by atoms with Crippen LogP contribution in [0.2, 0.25) is 0 Å². The summed E-state index contributed by atoms with van der Waals surface area (Å²) in [5, 5.41) is 9.18. The van der Waals surface area contributed by atoms with Gasteiger partial charge in [0, 0.05) is 6.42 Å². The summed E-state index contributed by atoms with van der Waals surface area (Å²) >= 11 is 0. The van der Waals surface area contributed by atoms with Gasteiger partial charge in [0.1, 0.15) is 18.6 Å². The van der Waals surface area contributed by atoms with Crippen LogP contribution >= 0.6 is 0 Å². The van der Waals surface area contributed by atoms with Crippen molar-refractivity contribution in [3.05, 3.63) is 0 Å². The van der Waals surface area contributed by atoms with Crippen LogP contribution in [0.5, 0.6) is 0 Å². The first-order valence-electron chi connectivity index (χ1n) is 6.55. The van der Waals surface area contributed by atoms with E-state index in [-0.39, 0.29) is 31.5 Å². The third kappa shape index (κ3) is 7.11. The molecule has 0 aromatic carbocycles. The van der Waals surface area contributed by atoms with Gasteiger partial charge in [0.25, 0.3) is 0 Å². The Bertz CT molecular complexity index is 368. The lowest BCUT2D eigenvalue weighted by atomic mass is 9.91. The molecule has 0 rings (SSSR count). The molecule has 1 atom stereocenters. The van der Waals surface area contributed by atoms with Crippen molar-refractivity contribution in [2.45, 2.75) is 47.5 Å². The van der Waals surface area contributed by atoms with Gasteiger partial charge in [-0.15, -0.1) is 0 Å². The molecule has 0 amide bonds. The first kappa shape index (κ1) is 18.4. The van der Waals surface area contributed by atoms with Crippen LogP contribution in [0.25, 0.3) is 0 Å². The molecule has 0 spiro atoms. The van der Waals surface area contributed by atoms with Crippen molar-refractivity contribution < 1.29 is 29.0 Å². The van der Waals surface area contributed by atoms with Crippen molar-refractivity contribution in [3.63, 3.8) is 0 Å². The van der Waals surface area contributed by atoms with E-state index in [1.165, 1.54) is 6.92 Å². The Kier molecular flexibility index (Phi) is 6.68. The molecule has 20 heavy (non-hydrogen) atoms. The summed E-state index contributed by atoms with van der Waals surface area (Å²) in [5.41, 5.74) is -1.66. The Hall–Kier alpha value is -1.59. The molecule has 0 aromatic rings. The van der Waals surface area contributed by atoms with Gasteiger partial charge in [0.2, 0.25) is 0 Å². The van der Waals surface area contributed by atoms with Gasteiger partial charge in [-0.25, -0.2) is 0 Å². The molecule has 0 aliphatic heterocycles. The van der Waals surface area contributed by atoms with Gasteiger partial charge in [0.15, 0.2) is 0 Å². The zero-order valence-electron chi connectivity index (χ0n) is 12.8. The minimum atomic E-state index is -1.43. The quantitative estimate of drug-likeness (QED) is 0.721. The van der Waals surface area contributed by atoms with E-state index in [1.54, 1.807) is 6.92 Å². The Labute approximate surface area is 119 Å². The number of rotatable bonds is 7. The molecule has 0 fully saturated rings. The highest BCUT2D eigenvalue weighted by molar-refractivity contribution is 5.76. The fourth-order valence-electron chi connectivity index (χ4n) is 1.23. The minimum absolute atomic E-state index is 0.166. The molecule has 0 heterocycles. The van der Waals surface area contributed by atoms with E-state index in [1.807, 2.05) is 20.8 Å². The lowest BCUT2D eigenvalue weighted by molar-refractivity contribution is -0.166. The summed E-state index contributed by atoms with van der Waals surface area (Å²) in [7, 11) is 0. The molecule has 0 bridgehead atoms. The number of carbonyl (C=O) groups is 3. The zero-order valence-corrected chi connectivity index (χ0v) is 12.8. The van der Waals surface area contributed by atoms with Crippen LogP contribution in [0.3, 0.4) is 0 Å². The molecule has 0 saturated carbocycles. The van der Waals surface area contributed by atoms with E-state index in [0.717, 1.165) is 0 Å². The highest BCUT2D eigenvalue weighted by atomic mass is 16.6. The third-order valence-corrected chi connectivity index (χ3v) is 2.58.